The summed E-state index contributed by atoms with van der Waals surface area (Å²) in [5, 5.41) is 0. The number of likely N-dealkylation sites (N-methyl/N-ethyl adjacent to an activating group) is 1. The molecule has 1 nitrogen and oxygen atoms in total. The van der Waals surface area contributed by atoms with Crippen molar-refractivity contribution in [3.63, 3.8) is 0 Å². The van der Waals surface area contributed by atoms with Crippen LogP contribution < -0.4 is 0 Å². The van der Waals surface area contributed by atoms with E-state index in [-0.39, 0.29) is 0 Å². The Morgan fingerprint density at radius 1 is 2.00 bits per heavy atom. The molecule has 0 saturated carbocycles. The lowest BCUT2D eigenvalue weighted by Gasteiger charge is -1.65. The predicted molar refractivity (Wildman–Crippen MR) is 16.9 cm³/mol. The topological polar surface area (TPSA) is 3.01 Å². The summed E-state index contributed by atoms with van der Waals surface area (Å²) in [4.78, 5) is 2.12. The van der Waals surface area contributed by atoms with E-state index in [1.165, 1.54) is 6.54 Å². The van der Waals surface area contributed by atoms with Gasteiger partial charge in [-0.25, -0.2) is 0 Å². The average Bonchev–Trinajstić information content (AvgIpc) is 1.75. The molecule has 4 heavy (non-hydrogen) atoms. The SMILES string of the molecule is CN1[CH]C1. The standard InChI is InChI=1S/C3H6N/c1-4-2-3-4/h2H,3H2,1H3. The van der Waals surface area contributed by atoms with E-state index in [1.54, 1.807) is 0 Å². The van der Waals surface area contributed by atoms with Crippen LogP contribution in [-0.4, -0.2) is 18.5 Å². The third-order valence-corrected chi connectivity index (χ3v) is 0.548. The molecule has 1 heterocycles. The second kappa shape index (κ2) is 0.462. The van der Waals surface area contributed by atoms with Crippen molar-refractivity contribution in [1.29, 1.82) is 0 Å². The van der Waals surface area contributed by atoms with Crippen molar-refractivity contribution in [2.24, 2.45) is 0 Å². The first-order chi connectivity index (χ1) is 1.89. The summed E-state index contributed by atoms with van der Waals surface area (Å²) in [7, 11) is 2.06. The van der Waals surface area contributed by atoms with Gasteiger partial charge < -0.3 is 0 Å². The fourth-order valence-electron chi connectivity index (χ4n) is 0.0816. The molecule has 0 aromatic heterocycles. The second-order valence-corrected chi connectivity index (χ2v) is 1.12. The second-order valence-electron chi connectivity index (χ2n) is 1.12. The van der Waals surface area contributed by atoms with Crippen LogP contribution in [0.1, 0.15) is 0 Å². The zero-order valence-electron chi connectivity index (χ0n) is 2.73. The Bertz CT molecular complexity index is 22.5. The molecule has 1 atom stereocenters. The van der Waals surface area contributed by atoms with Crippen LogP contribution in [-0.2, 0) is 0 Å². The van der Waals surface area contributed by atoms with Gasteiger partial charge >= 0.3 is 0 Å². The van der Waals surface area contributed by atoms with Crippen molar-refractivity contribution in [3.05, 3.63) is 6.54 Å². The molecule has 1 aliphatic rings. The Balaban J connectivity index is 2.17. The van der Waals surface area contributed by atoms with Crippen molar-refractivity contribution in [2.75, 3.05) is 13.6 Å². The van der Waals surface area contributed by atoms with E-state index in [0.29, 0.717) is 0 Å². The summed E-state index contributed by atoms with van der Waals surface area (Å²) in [5.74, 6) is 0. The Hall–Kier alpha value is -0.0400. The van der Waals surface area contributed by atoms with Crippen LogP contribution >= 0.6 is 0 Å². The zero-order chi connectivity index (χ0) is 2.99. The third kappa shape index (κ3) is 0.206. The number of hydrogen-bond donors (Lipinski definition) is 0. The number of nitrogens with zero attached hydrogens (tertiary/aromatic N) is 1. The highest BCUT2D eigenvalue weighted by atomic mass is 15.2. The highest BCUT2D eigenvalue weighted by molar-refractivity contribution is 4.82. The molecule has 0 aromatic carbocycles. The molecule has 0 aliphatic carbocycles. The minimum absolute atomic E-state index is 1.19. The van der Waals surface area contributed by atoms with E-state index < -0.39 is 0 Å². The maximum Gasteiger partial charge on any atom is 0.0388 e. The summed E-state index contributed by atoms with van der Waals surface area (Å²) >= 11 is 0. The molecule has 0 amide bonds. The fraction of sp³-hybridized carbons (Fsp3) is 0.667. The zero-order valence-corrected chi connectivity index (χ0v) is 2.73. The number of rotatable bonds is 0. The summed E-state index contributed by atoms with van der Waals surface area (Å²) in [6, 6.07) is 0. The monoisotopic (exact) mass is 56.1 g/mol. The maximum absolute atomic E-state index is 2.12. The Labute approximate surface area is 26.2 Å². The fourth-order valence-corrected chi connectivity index (χ4v) is 0.0816. The van der Waals surface area contributed by atoms with Crippen molar-refractivity contribution >= 4 is 0 Å². The quantitative estimate of drug-likeness (QED) is 0.355. The molecule has 1 aliphatic heterocycles. The van der Waals surface area contributed by atoms with E-state index in [1.807, 2.05) is 0 Å². The van der Waals surface area contributed by atoms with E-state index in [4.69, 9.17) is 0 Å². The first-order valence-corrected chi connectivity index (χ1v) is 1.43. The lowest BCUT2D eigenvalue weighted by Crippen LogP contribution is -1.73. The smallest absolute Gasteiger partial charge is 0.0388 e. The van der Waals surface area contributed by atoms with Gasteiger partial charge in [0, 0.05) is 13.1 Å². The largest absolute Gasteiger partial charge is 0.299 e. The van der Waals surface area contributed by atoms with Crippen LogP contribution in [0.3, 0.4) is 0 Å². The van der Waals surface area contributed by atoms with Crippen LogP contribution in [0.25, 0.3) is 0 Å². The molecule has 1 saturated heterocycles. The lowest BCUT2D eigenvalue weighted by atomic mass is 11.0. The van der Waals surface area contributed by atoms with Crippen LogP contribution in [0.15, 0.2) is 0 Å². The summed E-state index contributed by atoms with van der Waals surface area (Å²) < 4.78 is 0. The normalized spacial score (nSPS) is 26.2. The van der Waals surface area contributed by atoms with Gasteiger partial charge in [-0.3, -0.25) is 4.90 Å². The van der Waals surface area contributed by atoms with E-state index in [9.17, 15) is 0 Å². The van der Waals surface area contributed by atoms with Gasteiger partial charge in [-0.2, -0.15) is 0 Å². The molecule has 0 bridgehead atoms. The van der Waals surface area contributed by atoms with E-state index in [0.717, 1.165) is 0 Å². The van der Waals surface area contributed by atoms with Crippen molar-refractivity contribution in [1.82, 2.24) is 4.90 Å². The van der Waals surface area contributed by atoms with Crippen LogP contribution in [0.2, 0.25) is 0 Å². The third-order valence-electron chi connectivity index (χ3n) is 0.548. The molecule has 0 spiro atoms. The molecule has 23 valence electrons. The molecular formula is C3H6N. The summed E-state index contributed by atoms with van der Waals surface area (Å²) in [6.45, 7) is 3.32. The van der Waals surface area contributed by atoms with Crippen molar-refractivity contribution in [2.45, 2.75) is 0 Å². The van der Waals surface area contributed by atoms with Gasteiger partial charge in [0.25, 0.3) is 0 Å². The van der Waals surface area contributed by atoms with Gasteiger partial charge in [0.05, 0.1) is 0 Å². The van der Waals surface area contributed by atoms with Crippen LogP contribution in [0, 0.1) is 6.54 Å². The number of hydrogen-bond acceptors (Lipinski definition) is 1. The molecule has 1 fully saturated rings. The van der Waals surface area contributed by atoms with Gasteiger partial charge in [-0.05, 0) is 7.05 Å². The van der Waals surface area contributed by atoms with Gasteiger partial charge in [-0.1, -0.05) is 0 Å². The molecule has 1 unspecified atom stereocenters. The van der Waals surface area contributed by atoms with Crippen LogP contribution in [0.5, 0.6) is 0 Å². The minimum Gasteiger partial charge on any atom is -0.299 e. The summed E-state index contributed by atoms with van der Waals surface area (Å²) in [6.07, 6.45) is 0. The predicted octanol–water partition coefficient (Wildman–Crippen LogP) is 0.0936. The van der Waals surface area contributed by atoms with Crippen molar-refractivity contribution in [3.8, 4) is 0 Å². The highest BCUT2D eigenvalue weighted by Gasteiger charge is 2.08. The molecule has 0 N–H and O–H groups in total. The van der Waals surface area contributed by atoms with Gasteiger partial charge in [-0.15, -0.1) is 0 Å². The Morgan fingerprint density at radius 2 is 2.25 bits per heavy atom. The van der Waals surface area contributed by atoms with E-state index in [2.05, 4.69) is 18.5 Å². The van der Waals surface area contributed by atoms with Crippen LogP contribution in [0.4, 0.5) is 0 Å². The maximum atomic E-state index is 2.12. The minimum atomic E-state index is 1.19. The van der Waals surface area contributed by atoms with E-state index >= 15 is 0 Å². The van der Waals surface area contributed by atoms with Gasteiger partial charge in [0.1, 0.15) is 0 Å². The molecule has 1 rings (SSSR count). The summed E-state index contributed by atoms with van der Waals surface area (Å²) in [5.41, 5.74) is 0. The first-order valence-electron chi connectivity index (χ1n) is 1.43. The Kier molecular flexibility index (Phi) is 0.256. The lowest BCUT2D eigenvalue weighted by molar-refractivity contribution is 0.726. The average molecular weight is 56.1 g/mol. The van der Waals surface area contributed by atoms with Gasteiger partial charge in [0.15, 0.2) is 0 Å². The highest BCUT2D eigenvalue weighted by Crippen LogP contribution is 2.01. The first kappa shape index (κ1) is 2.21. The molecule has 1 heteroatoms. The molecular weight excluding hydrogens is 50.0 g/mol. The molecule has 1 radical (unpaired) electrons. The van der Waals surface area contributed by atoms with Crippen molar-refractivity contribution < 1.29 is 0 Å². The van der Waals surface area contributed by atoms with Gasteiger partial charge in [0.2, 0.25) is 0 Å². The Morgan fingerprint density at radius 3 is 2.25 bits per heavy atom. The molecule has 0 aromatic rings.